The third kappa shape index (κ3) is 11.7. The largest absolute Gasteiger partial charge is 0.538 e. The summed E-state index contributed by atoms with van der Waals surface area (Å²) in [6.45, 7) is 10.8. The number of benzene rings is 1. The molecule has 0 radical (unpaired) electrons. The fourth-order valence-electron chi connectivity index (χ4n) is 3.37. The second-order valence-electron chi connectivity index (χ2n) is 8.45. The van der Waals surface area contributed by atoms with Gasteiger partial charge in [0.1, 0.15) is 11.9 Å². The van der Waals surface area contributed by atoms with Crippen molar-refractivity contribution in [2.75, 3.05) is 26.4 Å². The molecule has 0 fully saturated rings. The summed E-state index contributed by atoms with van der Waals surface area (Å²) in [5.41, 5.74) is 2.12. The molecule has 1 aromatic rings. The van der Waals surface area contributed by atoms with Crippen LogP contribution in [-0.2, 0) is 47.5 Å². The smallest absolute Gasteiger partial charge is 0.350 e. The number of ketones is 1. The maximum absolute atomic E-state index is 13.0. The van der Waals surface area contributed by atoms with E-state index >= 15 is 0 Å². The second kappa shape index (κ2) is 16.4. The topological polar surface area (TPSA) is 107 Å². The Morgan fingerprint density at radius 3 is 1.97 bits per heavy atom. The van der Waals surface area contributed by atoms with Gasteiger partial charge < -0.3 is 4.52 Å². The lowest BCUT2D eigenvalue weighted by atomic mass is 9.92. The van der Waals surface area contributed by atoms with Gasteiger partial charge in [-0.1, -0.05) is 51.5 Å². The number of hydrogen-bond donors (Lipinski definition) is 0. The first kappa shape index (κ1) is 32.5. The van der Waals surface area contributed by atoms with Gasteiger partial charge in [0.05, 0.1) is 32.5 Å². The Balaban J connectivity index is 2.95. The molecule has 0 aliphatic carbocycles. The maximum atomic E-state index is 13.0. The summed E-state index contributed by atoms with van der Waals surface area (Å²) in [5, 5.41) is 0. The van der Waals surface area contributed by atoms with Crippen molar-refractivity contribution in [3.05, 3.63) is 35.4 Å². The minimum Gasteiger partial charge on any atom is -0.350 e. The van der Waals surface area contributed by atoms with E-state index in [1.807, 2.05) is 31.2 Å². The standard InChI is InChI=1S/C25H40O9P2/c1-8-29-35(27,30-9-2)33-19-24(34-36(28,31-10-3)32-11-4)16-17-25(26)21(7)23-14-12-22(13-15-23)18-20(5)6/h1,12-15,20-21,24H,9-11,16-19H2,2-7H3. The molecule has 0 saturated heterocycles. The lowest BCUT2D eigenvalue weighted by molar-refractivity contribution is -0.120. The highest BCUT2D eigenvalue weighted by atomic mass is 31.2. The van der Waals surface area contributed by atoms with Crippen LogP contribution >= 0.6 is 15.6 Å². The molecule has 11 heteroatoms. The van der Waals surface area contributed by atoms with Crippen LogP contribution < -0.4 is 0 Å². The Kier molecular flexibility index (Phi) is 14.8. The van der Waals surface area contributed by atoms with E-state index in [1.165, 1.54) is 5.56 Å². The number of carbonyl (C=O) groups excluding carboxylic acids is 1. The number of hydrogen-bond acceptors (Lipinski definition) is 9. The van der Waals surface area contributed by atoms with Crippen molar-refractivity contribution in [1.82, 2.24) is 0 Å². The third-order valence-corrected chi connectivity index (χ3v) is 8.12. The zero-order valence-electron chi connectivity index (χ0n) is 22.1. The lowest BCUT2D eigenvalue weighted by Gasteiger charge is -2.24. The minimum absolute atomic E-state index is 0.0207. The minimum atomic E-state index is -4.07. The van der Waals surface area contributed by atoms with Crippen molar-refractivity contribution in [2.45, 2.75) is 72.8 Å². The van der Waals surface area contributed by atoms with Crippen LogP contribution in [-0.4, -0.2) is 38.3 Å². The van der Waals surface area contributed by atoms with Gasteiger partial charge in [0.15, 0.2) is 0 Å². The van der Waals surface area contributed by atoms with Crippen molar-refractivity contribution in [3.8, 4) is 12.5 Å². The van der Waals surface area contributed by atoms with Crippen LogP contribution in [0.2, 0.25) is 0 Å². The van der Waals surface area contributed by atoms with Gasteiger partial charge in [0, 0.05) is 12.3 Å². The lowest BCUT2D eigenvalue weighted by Crippen LogP contribution is -2.22. The van der Waals surface area contributed by atoms with Crippen LogP contribution in [0, 0.1) is 18.4 Å². The molecular formula is C25H40O9P2. The first-order chi connectivity index (χ1) is 17.0. The van der Waals surface area contributed by atoms with Crippen LogP contribution in [0.25, 0.3) is 0 Å². The fourth-order valence-corrected chi connectivity index (χ4v) is 5.70. The van der Waals surface area contributed by atoms with Crippen molar-refractivity contribution < 1.29 is 41.1 Å². The van der Waals surface area contributed by atoms with Crippen LogP contribution in [0.5, 0.6) is 0 Å². The number of phosphoric ester groups is 2. The molecule has 0 heterocycles. The predicted molar refractivity (Wildman–Crippen MR) is 138 cm³/mol. The van der Waals surface area contributed by atoms with E-state index in [0.29, 0.717) is 5.92 Å². The van der Waals surface area contributed by atoms with E-state index < -0.39 is 21.7 Å². The molecule has 0 aromatic heterocycles. The van der Waals surface area contributed by atoms with E-state index in [2.05, 4.69) is 18.4 Å². The zero-order chi connectivity index (χ0) is 27.2. The average Bonchev–Trinajstić information content (AvgIpc) is 2.81. The monoisotopic (exact) mass is 546 g/mol. The fraction of sp³-hybridized carbons (Fsp3) is 0.640. The second-order valence-corrected chi connectivity index (χ2v) is 11.7. The van der Waals surface area contributed by atoms with Crippen molar-refractivity contribution in [3.63, 3.8) is 0 Å². The summed E-state index contributed by atoms with van der Waals surface area (Å²) in [6.07, 6.45) is 7.05. The van der Waals surface area contributed by atoms with Gasteiger partial charge >= 0.3 is 15.6 Å². The molecule has 1 aromatic carbocycles. The van der Waals surface area contributed by atoms with Crippen LogP contribution in [0.15, 0.2) is 24.3 Å². The van der Waals surface area contributed by atoms with Gasteiger partial charge in [-0.05, 0) is 50.7 Å². The Morgan fingerprint density at radius 1 is 0.917 bits per heavy atom. The predicted octanol–water partition coefficient (Wildman–Crippen LogP) is 6.67. The van der Waals surface area contributed by atoms with Crippen LogP contribution in [0.4, 0.5) is 0 Å². The summed E-state index contributed by atoms with van der Waals surface area (Å²) in [4.78, 5) is 13.0. The Bertz CT molecular complexity index is 914. The molecule has 0 bridgehead atoms. The highest BCUT2D eigenvalue weighted by Gasteiger charge is 2.34. The molecular weight excluding hydrogens is 506 g/mol. The van der Waals surface area contributed by atoms with E-state index in [-0.39, 0.29) is 51.0 Å². The van der Waals surface area contributed by atoms with Gasteiger partial charge in [-0.3, -0.25) is 27.4 Å². The molecule has 0 saturated carbocycles. The van der Waals surface area contributed by atoms with E-state index in [4.69, 9.17) is 29.0 Å². The molecule has 3 atom stereocenters. The maximum Gasteiger partial charge on any atom is 0.538 e. The molecule has 1 rings (SSSR count). The van der Waals surface area contributed by atoms with E-state index in [1.54, 1.807) is 26.9 Å². The average molecular weight is 547 g/mol. The summed E-state index contributed by atoms with van der Waals surface area (Å²) in [7, 11) is -8.02. The first-order valence-corrected chi connectivity index (χ1v) is 15.2. The van der Waals surface area contributed by atoms with E-state index in [9.17, 15) is 13.9 Å². The number of phosphoric acid groups is 2. The van der Waals surface area contributed by atoms with Gasteiger partial charge in [-0.15, -0.1) is 0 Å². The number of rotatable bonds is 19. The SMILES string of the molecule is C#COP(=O)(OCC)OCC(CCC(=O)C(C)c1ccc(CC(C)C)cc1)OP(=O)(OCC)OCC. The first-order valence-electron chi connectivity index (χ1n) is 12.2. The normalized spacial score (nSPS) is 15.2. The van der Waals surface area contributed by atoms with Gasteiger partial charge in [-0.2, -0.15) is 0 Å². The molecule has 0 amide bonds. The Labute approximate surface area is 215 Å². The van der Waals surface area contributed by atoms with Crippen molar-refractivity contribution >= 4 is 21.4 Å². The highest BCUT2D eigenvalue weighted by molar-refractivity contribution is 7.49. The van der Waals surface area contributed by atoms with Gasteiger partial charge in [-0.25, -0.2) is 9.13 Å². The summed E-state index contributed by atoms with van der Waals surface area (Å²) >= 11 is 0. The number of Topliss-reactive ketones (excluding diaryl/α,β-unsaturated/α-hetero) is 1. The quantitative estimate of drug-likeness (QED) is 0.139. The van der Waals surface area contributed by atoms with Gasteiger partial charge in [0.2, 0.25) is 0 Å². The molecule has 0 aliphatic heterocycles. The molecule has 36 heavy (non-hydrogen) atoms. The number of carbonyl (C=O) groups is 1. The summed E-state index contributed by atoms with van der Waals surface area (Å²) < 4.78 is 56.5. The van der Waals surface area contributed by atoms with Crippen LogP contribution in [0.3, 0.4) is 0 Å². The Morgan fingerprint density at radius 2 is 1.47 bits per heavy atom. The summed E-state index contributed by atoms with van der Waals surface area (Å²) in [5.74, 6) is 0.141. The zero-order valence-corrected chi connectivity index (χ0v) is 23.9. The van der Waals surface area contributed by atoms with Gasteiger partial charge in [0.25, 0.3) is 0 Å². The van der Waals surface area contributed by atoms with Crippen molar-refractivity contribution in [2.24, 2.45) is 5.92 Å². The molecule has 0 N–H and O–H groups in total. The molecule has 3 unspecified atom stereocenters. The highest BCUT2D eigenvalue weighted by Crippen LogP contribution is 2.53. The molecule has 0 spiro atoms. The Hall–Kier alpha value is -1.49. The third-order valence-electron chi connectivity index (χ3n) is 5.04. The molecule has 204 valence electrons. The molecule has 9 nitrogen and oxygen atoms in total. The van der Waals surface area contributed by atoms with Crippen molar-refractivity contribution in [1.29, 1.82) is 0 Å². The van der Waals surface area contributed by atoms with E-state index in [0.717, 1.165) is 12.0 Å². The molecule has 0 aliphatic rings. The number of terminal acetylenes is 1. The summed E-state index contributed by atoms with van der Waals surface area (Å²) in [6, 6.07) is 8.00. The van der Waals surface area contributed by atoms with Crippen LogP contribution in [0.1, 0.15) is 71.4 Å².